The number of nitrogens with two attached hydrogens (primary N) is 1. The van der Waals surface area contributed by atoms with Crippen molar-refractivity contribution >= 4 is 6.08 Å². The highest BCUT2D eigenvalue weighted by Crippen LogP contribution is 2.49. The summed E-state index contributed by atoms with van der Waals surface area (Å²) in [7, 11) is 1.66. The van der Waals surface area contributed by atoms with Crippen LogP contribution in [0.1, 0.15) is 63.2 Å². The number of epoxide rings is 1. The quantitative estimate of drug-likeness (QED) is 0.680. The molecule has 1 atom stereocenters. The molecular formula is C19H29NO3. The highest BCUT2D eigenvalue weighted by molar-refractivity contribution is 5.63. The Morgan fingerprint density at radius 2 is 2.00 bits per heavy atom. The van der Waals surface area contributed by atoms with Gasteiger partial charge in [0.2, 0.25) is 0 Å². The summed E-state index contributed by atoms with van der Waals surface area (Å²) in [6, 6.07) is 5.75. The van der Waals surface area contributed by atoms with Crippen LogP contribution in [0.4, 0.5) is 0 Å². The van der Waals surface area contributed by atoms with Crippen LogP contribution in [0.2, 0.25) is 0 Å². The molecule has 1 heterocycles. The molecule has 1 aromatic rings. The summed E-state index contributed by atoms with van der Waals surface area (Å²) in [6.07, 6.45) is 6.36. The van der Waals surface area contributed by atoms with Gasteiger partial charge in [-0.2, -0.15) is 0 Å². The predicted octanol–water partition coefficient (Wildman–Crippen LogP) is 3.79. The first-order valence-electron chi connectivity index (χ1n) is 8.57. The maximum Gasteiger partial charge on any atom is 0.165 e. The zero-order chi connectivity index (χ0) is 16.9. The third-order valence-corrected chi connectivity index (χ3v) is 4.39. The first kappa shape index (κ1) is 17.8. The van der Waals surface area contributed by atoms with Gasteiger partial charge in [-0.1, -0.05) is 32.8 Å². The number of hydrogen-bond donors (Lipinski definition) is 2. The standard InChI is InChI=1S/C19H29NO3/c1-4-9-19(10-5-2)18(23-19)13-15-12-14(16(21)8-11-20)6-7-17(15)22-3/h6-7,12-13,16,21H,4-5,8-11,20H2,1-3H3. The molecule has 0 spiro atoms. The van der Waals surface area contributed by atoms with E-state index in [4.69, 9.17) is 15.2 Å². The van der Waals surface area contributed by atoms with E-state index in [2.05, 4.69) is 19.9 Å². The molecule has 1 unspecified atom stereocenters. The van der Waals surface area contributed by atoms with E-state index >= 15 is 0 Å². The van der Waals surface area contributed by atoms with Crippen LogP contribution in [-0.4, -0.2) is 24.4 Å². The van der Waals surface area contributed by atoms with Crippen LogP contribution >= 0.6 is 0 Å². The van der Waals surface area contributed by atoms with Crippen molar-refractivity contribution in [1.29, 1.82) is 0 Å². The van der Waals surface area contributed by atoms with Gasteiger partial charge in [-0.05, 0) is 49.6 Å². The van der Waals surface area contributed by atoms with E-state index < -0.39 is 6.10 Å². The Balaban J connectivity index is 2.28. The Morgan fingerprint density at radius 3 is 2.57 bits per heavy atom. The van der Waals surface area contributed by atoms with Crippen molar-refractivity contribution in [2.45, 2.75) is 57.7 Å². The minimum atomic E-state index is -0.542. The molecule has 0 amide bonds. The fourth-order valence-corrected chi connectivity index (χ4v) is 3.17. The van der Waals surface area contributed by atoms with Gasteiger partial charge in [0.15, 0.2) is 5.60 Å². The van der Waals surface area contributed by atoms with Crippen molar-refractivity contribution in [3.63, 3.8) is 0 Å². The van der Waals surface area contributed by atoms with Gasteiger partial charge in [0.1, 0.15) is 11.5 Å². The lowest BCUT2D eigenvalue weighted by Gasteiger charge is -2.12. The molecule has 0 aliphatic carbocycles. The highest BCUT2D eigenvalue weighted by Gasteiger charge is 2.50. The minimum absolute atomic E-state index is 0.0829. The topological polar surface area (TPSA) is 68.0 Å². The first-order valence-corrected chi connectivity index (χ1v) is 8.57. The number of benzene rings is 1. The minimum Gasteiger partial charge on any atom is -0.496 e. The average molecular weight is 319 g/mol. The summed E-state index contributed by atoms with van der Waals surface area (Å²) < 4.78 is 11.4. The molecule has 3 N–H and O–H groups in total. The molecule has 0 aromatic heterocycles. The molecule has 0 bridgehead atoms. The van der Waals surface area contributed by atoms with E-state index in [-0.39, 0.29) is 5.60 Å². The Hall–Kier alpha value is -1.52. The van der Waals surface area contributed by atoms with E-state index in [0.717, 1.165) is 48.3 Å². The normalized spacial score (nSPS) is 18.6. The van der Waals surface area contributed by atoms with Gasteiger partial charge in [0.05, 0.1) is 13.2 Å². The second-order valence-corrected chi connectivity index (χ2v) is 6.20. The fourth-order valence-electron chi connectivity index (χ4n) is 3.17. The van der Waals surface area contributed by atoms with E-state index in [9.17, 15) is 5.11 Å². The molecule has 4 nitrogen and oxygen atoms in total. The SMILES string of the molecule is CCCC1(CCC)OC1=Cc1cc(C(O)CCN)ccc1OC. The van der Waals surface area contributed by atoms with Crippen LogP contribution in [0.5, 0.6) is 5.75 Å². The molecule has 0 saturated carbocycles. The molecule has 2 rings (SSSR count). The number of ether oxygens (including phenoxy) is 2. The zero-order valence-electron chi connectivity index (χ0n) is 14.5. The molecule has 128 valence electrons. The number of aliphatic hydroxyl groups is 1. The van der Waals surface area contributed by atoms with Crippen molar-refractivity contribution in [2.75, 3.05) is 13.7 Å². The van der Waals surface area contributed by atoms with Gasteiger partial charge < -0.3 is 20.3 Å². The number of methoxy groups -OCH3 is 1. The van der Waals surface area contributed by atoms with Crippen molar-refractivity contribution < 1.29 is 14.6 Å². The summed E-state index contributed by atoms with van der Waals surface area (Å²) in [4.78, 5) is 0. The second kappa shape index (κ2) is 7.84. The molecule has 1 saturated heterocycles. The summed E-state index contributed by atoms with van der Waals surface area (Å²) in [5.41, 5.74) is 7.26. The number of rotatable bonds is 9. The predicted molar refractivity (Wildman–Crippen MR) is 93.2 cm³/mol. The van der Waals surface area contributed by atoms with Crippen molar-refractivity contribution in [1.82, 2.24) is 0 Å². The Kier molecular flexibility index (Phi) is 6.08. The third-order valence-electron chi connectivity index (χ3n) is 4.39. The third kappa shape index (κ3) is 4.06. The Bertz CT molecular complexity index is 548. The van der Waals surface area contributed by atoms with Crippen molar-refractivity contribution in [2.24, 2.45) is 5.73 Å². The Morgan fingerprint density at radius 1 is 1.30 bits per heavy atom. The summed E-state index contributed by atoms with van der Waals surface area (Å²) in [6.45, 7) is 4.82. The monoisotopic (exact) mass is 319 g/mol. The van der Waals surface area contributed by atoms with Gasteiger partial charge in [0, 0.05) is 5.56 Å². The molecule has 1 aromatic carbocycles. The lowest BCUT2D eigenvalue weighted by atomic mass is 9.95. The van der Waals surface area contributed by atoms with Gasteiger partial charge in [-0.25, -0.2) is 0 Å². The van der Waals surface area contributed by atoms with Crippen molar-refractivity contribution in [3.8, 4) is 5.75 Å². The zero-order valence-corrected chi connectivity index (χ0v) is 14.5. The molecule has 4 heteroatoms. The van der Waals surface area contributed by atoms with Gasteiger partial charge in [-0.3, -0.25) is 0 Å². The highest BCUT2D eigenvalue weighted by atomic mass is 16.6. The smallest absolute Gasteiger partial charge is 0.165 e. The number of aliphatic hydroxyl groups excluding tert-OH is 1. The number of hydrogen-bond acceptors (Lipinski definition) is 4. The Labute approximate surface area is 139 Å². The molecule has 1 aliphatic rings. The van der Waals surface area contributed by atoms with Crippen LogP contribution < -0.4 is 10.5 Å². The fraction of sp³-hybridized carbons (Fsp3) is 0.579. The molecular weight excluding hydrogens is 290 g/mol. The van der Waals surface area contributed by atoms with E-state index in [1.54, 1.807) is 7.11 Å². The first-order chi connectivity index (χ1) is 11.1. The lowest BCUT2D eigenvalue weighted by molar-refractivity contribution is 0.170. The maximum absolute atomic E-state index is 10.2. The van der Waals surface area contributed by atoms with Gasteiger partial charge in [-0.15, -0.1) is 0 Å². The largest absolute Gasteiger partial charge is 0.496 e. The van der Waals surface area contributed by atoms with Gasteiger partial charge in [0.25, 0.3) is 0 Å². The lowest BCUT2D eigenvalue weighted by Crippen LogP contribution is -2.08. The molecule has 0 radical (unpaired) electrons. The molecule has 23 heavy (non-hydrogen) atoms. The molecule has 1 fully saturated rings. The molecule has 1 aliphatic heterocycles. The van der Waals surface area contributed by atoms with Crippen LogP contribution in [0.15, 0.2) is 24.0 Å². The average Bonchev–Trinajstić information content (AvgIpc) is 3.20. The second-order valence-electron chi connectivity index (χ2n) is 6.20. The van der Waals surface area contributed by atoms with Gasteiger partial charge >= 0.3 is 0 Å². The van der Waals surface area contributed by atoms with Crippen LogP contribution in [-0.2, 0) is 4.74 Å². The van der Waals surface area contributed by atoms with E-state index in [1.165, 1.54) is 0 Å². The van der Waals surface area contributed by atoms with E-state index in [1.807, 2.05) is 18.2 Å². The maximum atomic E-state index is 10.2. The summed E-state index contributed by atoms with van der Waals surface area (Å²) >= 11 is 0. The van der Waals surface area contributed by atoms with Crippen LogP contribution in [0, 0.1) is 0 Å². The summed E-state index contributed by atoms with van der Waals surface area (Å²) in [5.74, 6) is 1.82. The van der Waals surface area contributed by atoms with Crippen LogP contribution in [0.3, 0.4) is 0 Å². The summed E-state index contributed by atoms with van der Waals surface area (Å²) in [5, 5.41) is 10.2. The van der Waals surface area contributed by atoms with E-state index in [0.29, 0.717) is 13.0 Å². The van der Waals surface area contributed by atoms with Crippen LogP contribution in [0.25, 0.3) is 6.08 Å². The van der Waals surface area contributed by atoms with Crippen molar-refractivity contribution in [3.05, 3.63) is 35.1 Å².